The van der Waals surface area contributed by atoms with Gasteiger partial charge in [-0.15, -0.1) is 0 Å². The highest BCUT2D eigenvalue weighted by Gasteiger charge is 2.30. The van der Waals surface area contributed by atoms with Gasteiger partial charge in [0.2, 0.25) is 5.13 Å². The number of anilines is 1. The zero-order valence-corrected chi connectivity index (χ0v) is 14.9. The minimum atomic E-state index is -0.228. The van der Waals surface area contributed by atoms with Crippen molar-refractivity contribution < 1.29 is 14.6 Å². The summed E-state index contributed by atoms with van der Waals surface area (Å²) in [6.07, 6.45) is 1.73. The van der Waals surface area contributed by atoms with E-state index in [9.17, 15) is 9.90 Å². The van der Waals surface area contributed by atoms with Gasteiger partial charge in [-0.2, -0.15) is 10.1 Å². The molecule has 0 fully saturated rings. The molecule has 0 unspecified atom stereocenters. The lowest BCUT2D eigenvalue weighted by molar-refractivity contribution is -0.114. The van der Waals surface area contributed by atoms with Crippen molar-refractivity contribution in [3.05, 3.63) is 53.6 Å². The molecular formula is C19H15N3O3S. The van der Waals surface area contributed by atoms with Crippen LogP contribution in [0.1, 0.15) is 12.5 Å². The number of aromatic hydroxyl groups is 1. The Morgan fingerprint density at radius 2 is 2.04 bits per heavy atom. The van der Waals surface area contributed by atoms with Gasteiger partial charge in [0.25, 0.3) is 5.91 Å². The zero-order valence-electron chi connectivity index (χ0n) is 14.1. The molecule has 1 N–H and O–H groups in total. The van der Waals surface area contributed by atoms with Crippen LogP contribution in [0.4, 0.5) is 5.13 Å². The van der Waals surface area contributed by atoms with Crippen LogP contribution in [0.25, 0.3) is 16.3 Å². The lowest BCUT2D eigenvalue weighted by Gasteiger charge is -2.07. The minimum Gasteiger partial charge on any atom is -0.504 e. The Labute approximate surface area is 153 Å². The van der Waals surface area contributed by atoms with Crippen LogP contribution in [-0.4, -0.2) is 28.8 Å². The second-order valence-electron chi connectivity index (χ2n) is 5.76. The average Bonchev–Trinajstić information content (AvgIpc) is 3.19. The number of carbonyl (C=O) groups excluding carboxylic acids is 1. The Morgan fingerprint density at radius 3 is 2.81 bits per heavy atom. The Bertz CT molecular complexity index is 1050. The van der Waals surface area contributed by atoms with Gasteiger partial charge in [0, 0.05) is 0 Å². The number of hydrogen-bond donors (Lipinski definition) is 1. The van der Waals surface area contributed by atoms with Gasteiger partial charge in [-0.25, -0.2) is 4.98 Å². The van der Waals surface area contributed by atoms with E-state index >= 15 is 0 Å². The summed E-state index contributed by atoms with van der Waals surface area (Å²) < 4.78 is 6.12. The number of methoxy groups -OCH3 is 1. The summed E-state index contributed by atoms with van der Waals surface area (Å²) in [6, 6.07) is 12.6. The molecule has 2 aromatic carbocycles. The van der Waals surface area contributed by atoms with Crippen molar-refractivity contribution in [3.8, 4) is 11.5 Å². The first-order chi connectivity index (χ1) is 12.6. The van der Waals surface area contributed by atoms with E-state index in [-0.39, 0.29) is 11.7 Å². The lowest BCUT2D eigenvalue weighted by Crippen LogP contribution is -2.21. The van der Waals surface area contributed by atoms with E-state index in [2.05, 4.69) is 10.1 Å². The molecule has 3 aromatic rings. The third kappa shape index (κ3) is 2.72. The number of para-hydroxylation sites is 1. The van der Waals surface area contributed by atoms with Gasteiger partial charge >= 0.3 is 0 Å². The summed E-state index contributed by atoms with van der Waals surface area (Å²) in [5, 5.41) is 16.0. The number of aromatic nitrogens is 1. The van der Waals surface area contributed by atoms with Crippen molar-refractivity contribution in [1.82, 2.24) is 4.98 Å². The maximum absolute atomic E-state index is 12.8. The fraction of sp³-hybridized carbons (Fsp3) is 0.105. The molecule has 1 aromatic heterocycles. The average molecular weight is 365 g/mol. The zero-order chi connectivity index (χ0) is 18.3. The van der Waals surface area contributed by atoms with Crippen molar-refractivity contribution in [2.75, 3.05) is 12.1 Å². The van der Waals surface area contributed by atoms with Crippen LogP contribution in [0.15, 0.2) is 53.1 Å². The number of rotatable bonds is 3. The van der Waals surface area contributed by atoms with Crippen LogP contribution in [0, 0.1) is 0 Å². The molecule has 0 radical (unpaired) electrons. The Hall–Kier alpha value is -3.19. The summed E-state index contributed by atoms with van der Waals surface area (Å²) in [6.45, 7) is 1.79. The molecule has 0 saturated carbocycles. The number of ether oxygens (including phenoxy) is 1. The molecule has 1 aliphatic rings. The van der Waals surface area contributed by atoms with Crippen molar-refractivity contribution in [2.24, 2.45) is 5.10 Å². The molecule has 1 amide bonds. The molecule has 1 aliphatic heterocycles. The van der Waals surface area contributed by atoms with E-state index in [0.29, 0.717) is 22.2 Å². The maximum Gasteiger partial charge on any atom is 0.282 e. The molecule has 0 spiro atoms. The topological polar surface area (TPSA) is 75.0 Å². The van der Waals surface area contributed by atoms with Crippen molar-refractivity contribution in [2.45, 2.75) is 6.92 Å². The fourth-order valence-electron chi connectivity index (χ4n) is 2.72. The van der Waals surface area contributed by atoms with E-state index in [1.165, 1.54) is 29.5 Å². The highest BCUT2D eigenvalue weighted by atomic mass is 32.1. The van der Waals surface area contributed by atoms with Crippen LogP contribution in [-0.2, 0) is 4.79 Å². The lowest BCUT2D eigenvalue weighted by atomic mass is 10.1. The van der Waals surface area contributed by atoms with Crippen LogP contribution in [0.5, 0.6) is 11.5 Å². The minimum absolute atomic E-state index is 0.0499. The Balaban J connectivity index is 1.70. The van der Waals surface area contributed by atoms with E-state index in [0.717, 1.165) is 15.8 Å². The van der Waals surface area contributed by atoms with Crippen LogP contribution >= 0.6 is 11.3 Å². The normalized spacial score (nSPS) is 15.8. The number of amides is 1. The van der Waals surface area contributed by atoms with Gasteiger partial charge in [-0.1, -0.05) is 29.5 Å². The van der Waals surface area contributed by atoms with Gasteiger partial charge in [0.05, 0.1) is 28.6 Å². The molecular weight excluding hydrogens is 350 g/mol. The maximum atomic E-state index is 12.8. The highest BCUT2D eigenvalue weighted by molar-refractivity contribution is 7.22. The molecule has 26 heavy (non-hydrogen) atoms. The summed E-state index contributed by atoms with van der Waals surface area (Å²) in [5.74, 6) is 0.171. The van der Waals surface area contributed by atoms with Gasteiger partial charge in [-0.05, 0) is 42.8 Å². The number of nitrogens with zero attached hydrogens (tertiary/aromatic N) is 3. The molecule has 0 aliphatic carbocycles. The smallest absolute Gasteiger partial charge is 0.282 e. The summed E-state index contributed by atoms with van der Waals surface area (Å²) in [4.78, 5) is 17.3. The molecule has 7 heteroatoms. The number of hydrogen-bond acceptors (Lipinski definition) is 6. The monoisotopic (exact) mass is 365 g/mol. The van der Waals surface area contributed by atoms with Gasteiger partial charge < -0.3 is 9.84 Å². The summed E-state index contributed by atoms with van der Waals surface area (Å²) in [7, 11) is 1.48. The van der Waals surface area contributed by atoms with Crippen LogP contribution in [0.3, 0.4) is 0 Å². The predicted octanol–water partition coefficient (Wildman–Crippen LogP) is 3.82. The highest BCUT2D eigenvalue weighted by Crippen LogP contribution is 2.33. The second-order valence-corrected chi connectivity index (χ2v) is 6.76. The molecule has 130 valence electrons. The number of fused-ring (bicyclic) bond motifs is 1. The molecule has 4 rings (SSSR count). The molecule has 2 heterocycles. The van der Waals surface area contributed by atoms with Crippen LogP contribution < -0.4 is 9.75 Å². The van der Waals surface area contributed by atoms with Crippen LogP contribution in [0.2, 0.25) is 0 Å². The summed E-state index contributed by atoms with van der Waals surface area (Å²) in [5.41, 5.74) is 2.68. The molecule has 0 bridgehead atoms. The SMILES string of the molecule is COc1cc(/C=C2/C(=O)N(c3nc4ccccc4s3)N=C2C)ccc1O. The number of hydrazone groups is 1. The van der Waals surface area contributed by atoms with Crippen molar-refractivity contribution in [1.29, 1.82) is 0 Å². The molecule has 0 atom stereocenters. The van der Waals surface area contributed by atoms with E-state index in [1.807, 2.05) is 24.3 Å². The van der Waals surface area contributed by atoms with Crippen molar-refractivity contribution in [3.63, 3.8) is 0 Å². The first-order valence-electron chi connectivity index (χ1n) is 7.91. The van der Waals surface area contributed by atoms with Crippen molar-refractivity contribution >= 4 is 44.4 Å². The van der Waals surface area contributed by atoms with Gasteiger partial charge in [-0.3, -0.25) is 4.79 Å². The fourth-order valence-corrected chi connectivity index (χ4v) is 3.63. The second kappa shape index (κ2) is 6.27. The first kappa shape index (κ1) is 16.3. The Kier molecular flexibility index (Phi) is 3.93. The predicted molar refractivity (Wildman–Crippen MR) is 103 cm³/mol. The standard InChI is InChI=1S/C19H15N3O3S/c1-11-13(9-12-7-8-15(23)16(10-12)25-2)18(24)22(21-11)19-20-14-5-3-4-6-17(14)26-19/h3-10,23H,1-2H3/b13-9+. The van der Waals surface area contributed by atoms with Gasteiger partial charge in [0.15, 0.2) is 11.5 Å². The largest absolute Gasteiger partial charge is 0.504 e. The molecule has 0 saturated heterocycles. The van der Waals surface area contributed by atoms with E-state index < -0.39 is 0 Å². The number of benzene rings is 2. The third-order valence-corrected chi connectivity index (χ3v) is 5.05. The number of thiazole rings is 1. The van der Waals surface area contributed by atoms with E-state index in [1.54, 1.807) is 25.1 Å². The quantitative estimate of drug-likeness (QED) is 0.716. The number of phenols is 1. The molecule has 6 nitrogen and oxygen atoms in total. The number of carbonyl (C=O) groups is 1. The van der Waals surface area contributed by atoms with E-state index in [4.69, 9.17) is 4.74 Å². The summed E-state index contributed by atoms with van der Waals surface area (Å²) >= 11 is 1.42. The first-order valence-corrected chi connectivity index (χ1v) is 8.73. The Morgan fingerprint density at radius 1 is 1.23 bits per heavy atom. The number of phenolic OH excluding ortho intramolecular Hbond substituents is 1. The van der Waals surface area contributed by atoms with Gasteiger partial charge in [0.1, 0.15) is 0 Å². The third-order valence-electron chi connectivity index (χ3n) is 4.04.